The maximum atomic E-state index is 12.9. The molecular weight excluding hydrogens is 395 g/mol. The Labute approximate surface area is 171 Å². The molecule has 0 heterocycles. The van der Waals surface area contributed by atoms with Gasteiger partial charge >= 0.3 is 0 Å². The fraction of sp³-hybridized carbons (Fsp3) is 0.381. The van der Waals surface area contributed by atoms with E-state index in [4.69, 9.17) is 4.74 Å². The van der Waals surface area contributed by atoms with E-state index >= 15 is 0 Å². The van der Waals surface area contributed by atoms with Crippen molar-refractivity contribution in [2.45, 2.75) is 26.2 Å². The Balaban J connectivity index is 1.81. The average Bonchev–Trinajstić information content (AvgIpc) is 2.67. The minimum absolute atomic E-state index is 0.146. The molecule has 0 fully saturated rings. The Morgan fingerprint density at radius 1 is 1.10 bits per heavy atom. The van der Waals surface area contributed by atoms with Gasteiger partial charge in [-0.3, -0.25) is 9.10 Å². The Kier molecular flexibility index (Phi) is 8.45. The molecule has 1 amide bonds. The van der Waals surface area contributed by atoms with Crippen LogP contribution in [0.1, 0.15) is 25.3 Å². The summed E-state index contributed by atoms with van der Waals surface area (Å²) >= 11 is 0. The maximum absolute atomic E-state index is 12.9. The number of benzene rings is 2. The van der Waals surface area contributed by atoms with Crippen molar-refractivity contribution in [1.82, 2.24) is 5.32 Å². The van der Waals surface area contributed by atoms with Gasteiger partial charge in [0, 0.05) is 19.5 Å². The van der Waals surface area contributed by atoms with Crippen LogP contribution in [0.4, 0.5) is 10.1 Å². The average molecular weight is 423 g/mol. The zero-order chi connectivity index (χ0) is 21.3. The standard InChI is InChI=1S/C21H27FN2O4S/c1-3-28-20-12-10-19(11-13-20)24(29(2,26)27)16-4-5-21(25)23-15-14-17-6-8-18(22)9-7-17/h6-13H,3-5,14-16H2,1-2H3,(H,23,25). The zero-order valence-corrected chi connectivity index (χ0v) is 17.5. The van der Waals surface area contributed by atoms with E-state index in [1.54, 1.807) is 36.4 Å². The molecule has 158 valence electrons. The van der Waals surface area contributed by atoms with Crippen LogP contribution in [0.2, 0.25) is 0 Å². The van der Waals surface area contributed by atoms with Gasteiger partial charge in [-0.2, -0.15) is 0 Å². The first-order valence-corrected chi connectivity index (χ1v) is 11.4. The molecule has 0 aliphatic carbocycles. The summed E-state index contributed by atoms with van der Waals surface area (Å²) in [6.07, 6.45) is 2.36. The predicted molar refractivity (Wildman–Crippen MR) is 112 cm³/mol. The molecule has 0 aliphatic heterocycles. The van der Waals surface area contributed by atoms with E-state index in [9.17, 15) is 17.6 Å². The van der Waals surface area contributed by atoms with E-state index < -0.39 is 10.0 Å². The molecule has 2 aromatic rings. The van der Waals surface area contributed by atoms with Gasteiger partial charge in [0.2, 0.25) is 15.9 Å². The lowest BCUT2D eigenvalue weighted by Crippen LogP contribution is -2.32. The van der Waals surface area contributed by atoms with Gasteiger partial charge in [-0.05, 0) is 61.7 Å². The quantitative estimate of drug-likeness (QED) is 0.604. The summed E-state index contributed by atoms with van der Waals surface area (Å²) < 4.78 is 43.8. The fourth-order valence-corrected chi connectivity index (χ4v) is 3.80. The summed E-state index contributed by atoms with van der Waals surface area (Å²) in [5, 5.41) is 2.80. The van der Waals surface area contributed by atoms with Gasteiger partial charge in [0.1, 0.15) is 11.6 Å². The van der Waals surface area contributed by atoms with Crippen molar-refractivity contribution >= 4 is 21.6 Å². The molecule has 0 bridgehead atoms. The van der Waals surface area contributed by atoms with Gasteiger partial charge in [-0.15, -0.1) is 0 Å². The molecule has 0 saturated heterocycles. The monoisotopic (exact) mass is 422 g/mol. The molecule has 0 spiro atoms. The second kappa shape index (κ2) is 10.8. The topological polar surface area (TPSA) is 75.7 Å². The Morgan fingerprint density at radius 3 is 2.34 bits per heavy atom. The molecule has 0 aromatic heterocycles. The number of rotatable bonds is 11. The van der Waals surface area contributed by atoms with Crippen molar-refractivity contribution in [1.29, 1.82) is 0 Å². The number of carbonyl (C=O) groups excluding carboxylic acids is 1. The third-order valence-corrected chi connectivity index (χ3v) is 5.44. The third-order valence-electron chi connectivity index (χ3n) is 4.25. The van der Waals surface area contributed by atoms with Crippen LogP contribution in [0, 0.1) is 5.82 Å². The van der Waals surface area contributed by atoms with Crippen LogP contribution in [-0.4, -0.2) is 40.3 Å². The minimum Gasteiger partial charge on any atom is -0.494 e. The first kappa shape index (κ1) is 22.7. The number of carbonyl (C=O) groups is 1. The minimum atomic E-state index is -3.47. The number of nitrogens with zero attached hydrogens (tertiary/aromatic N) is 1. The summed E-state index contributed by atoms with van der Waals surface area (Å²) in [5.74, 6) is 0.234. The van der Waals surface area contributed by atoms with Crippen molar-refractivity contribution in [3.63, 3.8) is 0 Å². The third kappa shape index (κ3) is 7.73. The number of nitrogens with one attached hydrogen (secondary N) is 1. The summed E-state index contributed by atoms with van der Waals surface area (Å²) in [5.41, 5.74) is 1.47. The smallest absolute Gasteiger partial charge is 0.232 e. The predicted octanol–water partition coefficient (Wildman–Crippen LogP) is 3.13. The largest absolute Gasteiger partial charge is 0.494 e. The summed E-state index contributed by atoms with van der Waals surface area (Å²) in [7, 11) is -3.47. The highest BCUT2D eigenvalue weighted by atomic mass is 32.2. The van der Waals surface area contributed by atoms with Crippen LogP contribution in [0.3, 0.4) is 0 Å². The number of amides is 1. The highest BCUT2D eigenvalue weighted by Gasteiger charge is 2.17. The van der Waals surface area contributed by atoms with Gasteiger partial charge in [0.25, 0.3) is 0 Å². The lowest BCUT2D eigenvalue weighted by molar-refractivity contribution is -0.121. The molecule has 29 heavy (non-hydrogen) atoms. The number of hydrogen-bond donors (Lipinski definition) is 1. The van der Waals surface area contributed by atoms with E-state index in [-0.39, 0.29) is 24.7 Å². The highest BCUT2D eigenvalue weighted by Crippen LogP contribution is 2.22. The van der Waals surface area contributed by atoms with Gasteiger partial charge in [0.15, 0.2) is 0 Å². The highest BCUT2D eigenvalue weighted by molar-refractivity contribution is 7.92. The molecular formula is C21H27FN2O4S. The van der Waals surface area contributed by atoms with E-state index in [0.717, 1.165) is 11.8 Å². The number of anilines is 1. The normalized spacial score (nSPS) is 11.1. The van der Waals surface area contributed by atoms with Gasteiger partial charge in [0.05, 0.1) is 18.6 Å². The molecule has 0 atom stereocenters. The lowest BCUT2D eigenvalue weighted by atomic mass is 10.1. The Bertz CT molecular complexity index is 884. The molecule has 2 rings (SSSR count). The maximum Gasteiger partial charge on any atom is 0.232 e. The van der Waals surface area contributed by atoms with E-state index in [0.29, 0.717) is 37.4 Å². The van der Waals surface area contributed by atoms with E-state index in [2.05, 4.69) is 5.32 Å². The van der Waals surface area contributed by atoms with Crippen LogP contribution in [0.15, 0.2) is 48.5 Å². The Hall–Kier alpha value is -2.61. The first-order chi connectivity index (χ1) is 13.8. The molecule has 6 nitrogen and oxygen atoms in total. The van der Waals surface area contributed by atoms with E-state index in [1.165, 1.54) is 16.4 Å². The van der Waals surface area contributed by atoms with Crippen molar-refractivity contribution in [2.24, 2.45) is 0 Å². The molecule has 1 N–H and O–H groups in total. The van der Waals surface area contributed by atoms with Crippen LogP contribution >= 0.6 is 0 Å². The fourth-order valence-electron chi connectivity index (χ4n) is 2.83. The molecule has 8 heteroatoms. The van der Waals surface area contributed by atoms with Gasteiger partial charge in [-0.25, -0.2) is 12.8 Å². The molecule has 0 saturated carbocycles. The zero-order valence-electron chi connectivity index (χ0n) is 16.7. The summed E-state index contributed by atoms with van der Waals surface area (Å²) in [6.45, 7) is 3.06. The molecule has 0 unspecified atom stereocenters. The Morgan fingerprint density at radius 2 is 1.76 bits per heavy atom. The van der Waals surface area contributed by atoms with Gasteiger partial charge < -0.3 is 10.1 Å². The summed E-state index contributed by atoms with van der Waals surface area (Å²) in [6, 6.07) is 13.0. The first-order valence-electron chi connectivity index (χ1n) is 9.51. The number of halogens is 1. The molecule has 0 aliphatic rings. The van der Waals surface area contributed by atoms with Crippen LogP contribution in [-0.2, 0) is 21.2 Å². The summed E-state index contributed by atoms with van der Waals surface area (Å²) in [4.78, 5) is 12.0. The van der Waals surface area contributed by atoms with Crippen molar-refractivity contribution < 1.29 is 22.3 Å². The van der Waals surface area contributed by atoms with Gasteiger partial charge in [-0.1, -0.05) is 12.1 Å². The second-order valence-electron chi connectivity index (χ2n) is 6.59. The lowest BCUT2D eigenvalue weighted by Gasteiger charge is -2.22. The van der Waals surface area contributed by atoms with Crippen LogP contribution in [0.5, 0.6) is 5.75 Å². The number of sulfonamides is 1. The van der Waals surface area contributed by atoms with Crippen LogP contribution < -0.4 is 14.4 Å². The molecule has 0 radical (unpaired) electrons. The van der Waals surface area contributed by atoms with Crippen molar-refractivity contribution in [2.75, 3.05) is 30.3 Å². The number of hydrogen-bond acceptors (Lipinski definition) is 4. The SMILES string of the molecule is CCOc1ccc(N(CCCC(=O)NCCc2ccc(F)cc2)S(C)(=O)=O)cc1. The number of ether oxygens (including phenoxy) is 1. The van der Waals surface area contributed by atoms with Crippen LogP contribution in [0.25, 0.3) is 0 Å². The van der Waals surface area contributed by atoms with Crippen molar-refractivity contribution in [3.05, 3.63) is 59.9 Å². The second-order valence-corrected chi connectivity index (χ2v) is 8.50. The van der Waals surface area contributed by atoms with Crippen molar-refractivity contribution in [3.8, 4) is 5.75 Å². The van der Waals surface area contributed by atoms with E-state index in [1.807, 2.05) is 6.92 Å². The molecule has 2 aromatic carbocycles.